The van der Waals surface area contributed by atoms with Gasteiger partial charge in [0.25, 0.3) is 0 Å². The van der Waals surface area contributed by atoms with Crippen molar-refractivity contribution in [3.8, 4) is 0 Å². The van der Waals surface area contributed by atoms with Gasteiger partial charge in [-0.25, -0.2) is 14.4 Å². The Hall–Kier alpha value is -2.37. The summed E-state index contributed by atoms with van der Waals surface area (Å²) >= 11 is 0. The third kappa shape index (κ3) is 33.3. The zero-order chi connectivity index (χ0) is 43.9. The number of rotatable bonds is 42. The molecule has 0 aliphatic rings. The van der Waals surface area contributed by atoms with E-state index in [4.69, 9.17) is 14.2 Å². The number of carbonyl (C=O) groups excluding carboxylic acids is 3. The summed E-state index contributed by atoms with van der Waals surface area (Å²) in [7, 11) is 0. The molecule has 0 heterocycles. The summed E-state index contributed by atoms with van der Waals surface area (Å²) in [4.78, 5) is 39.7. The highest BCUT2D eigenvalue weighted by Crippen LogP contribution is 2.20. The van der Waals surface area contributed by atoms with Crippen LogP contribution >= 0.6 is 0 Å². The van der Waals surface area contributed by atoms with Crippen molar-refractivity contribution in [3.05, 3.63) is 34.9 Å². The minimum atomic E-state index is -0.593. The molecule has 348 valence electrons. The minimum absolute atomic E-state index is 0.0759. The maximum Gasteiger partial charge on any atom is 0.339 e. The third-order valence-corrected chi connectivity index (χ3v) is 11.9. The van der Waals surface area contributed by atoms with E-state index in [9.17, 15) is 14.4 Å². The number of ether oxygens (including phenoxy) is 3. The van der Waals surface area contributed by atoms with Crippen LogP contribution < -0.4 is 0 Å². The second-order valence-electron chi connectivity index (χ2n) is 19.3. The molecule has 6 nitrogen and oxygen atoms in total. The molecule has 0 bridgehead atoms. The van der Waals surface area contributed by atoms with Crippen molar-refractivity contribution >= 4 is 17.9 Å². The first kappa shape index (κ1) is 55.6. The van der Waals surface area contributed by atoms with E-state index in [1.54, 1.807) is 6.07 Å². The Morgan fingerprint density at radius 1 is 0.333 bits per heavy atom. The molecule has 0 fully saturated rings. The Bertz CT molecular complexity index is 1170. The van der Waals surface area contributed by atoms with Gasteiger partial charge in [-0.1, -0.05) is 234 Å². The lowest BCUT2D eigenvalue weighted by molar-refractivity contribution is 0.0447. The van der Waals surface area contributed by atoms with Gasteiger partial charge in [0.2, 0.25) is 0 Å². The van der Waals surface area contributed by atoms with Gasteiger partial charge in [-0.2, -0.15) is 0 Å². The summed E-state index contributed by atoms with van der Waals surface area (Å²) in [5, 5.41) is 0. The normalized spacial score (nSPS) is 11.6. The lowest BCUT2D eigenvalue weighted by Gasteiger charge is -2.12. The second-order valence-corrected chi connectivity index (χ2v) is 19.3. The van der Waals surface area contributed by atoms with Crippen LogP contribution in [0.25, 0.3) is 0 Å². The number of unbranched alkanes of at least 4 members (excludes halogenated alkanes) is 27. The van der Waals surface area contributed by atoms with Gasteiger partial charge in [0.1, 0.15) is 0 Å². The van der Waals surface area contributed by atoms with Crippen LogP contribution in [0.15, 0.2) is 18.2 Å². The molecule has 0 aromatic heterocycles. The number of hydrogen-bond donors (Lipinski definition) is 0. The van der Waals surface area contributed by atoms with Crippen LogP contribution in [-0.4, -0.2) is 37.7 Å². The van der Waals surface area contributed by atoms with Gasteiger partial charge in [-0.15, -0.1) is 0 Å². The predicted molar refractivity (Wildman–Crippen MR) is 254 cm³/mol. The quantitative estimate of drug-likeness (QED) is 0.0371. The van der Waals surface area contributed by atoms with Gasteiger partial charge in [-0.3, -0.25) is 0 Å². The summed E-state index contributed by atoms with van der Waals surface area (Å²) in [5.41, 5.74) is 0.471. The number of hydrogen-bond acceptors (Lipinski definition) is 6. The standard InChI is InChI=1S/C54H96O6/c1-46(2)37-31-25-19-13-7-10-16-22-28-34-42-58-52(55)49-40-41-50(53(56)59-43-35-29-23-17-11-8-14-20-26-32-38-47(3)4)51(45-49)54(57)60-44-36-30-24-18-12-9-15-21-27-33-39-48(5)6/h40-41,45-48H,7-39,42-44H2,1-6H3. The predicted octanol–water partition coefficient (Wildman–Crippen LogP) is 17.0. The van der Waals surface area contributed by atoms with Crippen LogP contribution in [0.2, 0.25) is 0 Å². The fraction of sp³-hybridized carbons (Fsp3) is 0.833. The van der Waals surface area contributed by atoms with Gasteiger partial charge in [0, 0.05) is 0 Å². The zero-order valence-corrected chi connectivity index (χ0v) is 40.4. The molecule has 1 aromatic rings. The molecule has 0 aliphatic carbocycles. The molecule has 0 saturated heterocycles. The first-order valence-electron chi connectivity index (χ1n) is 25.8. The number of benzene rings is 1. The fourth-order valence-corrected chi connectivity index (χ4v) is 7.96. The van der Waals surface area contributed by atoms with Crippen LogP contribution in [-0.2, 0) is 14.2 Å². The first-order chi connectivity index (χ1) is 29.1. The van der Waals surface area contributed by atoms with E-state index in [2.05, 4.69) is 41.5 Å². The van der Waals surface area contributed by atoms with Crippen LogP contribution in [0.5, 0.6) is 0 Å². The summed E-state index contributed by atoms with van der Waals surface area (Å²) in [6, 6.07) is 4.54. The monoisotopic (exact) mass is 841 g/mol. The Balaban J connectivity index is 2.50. The number of carbonyl (C=O) groups is 3. The molecular formula is C54H96O6. The topological polar surface area (TPSA) is 78.9 Å². The minimum Gasteiger partial charge on any atom is -0.462 e. The van der Waals surface area contributed by atoms with E-state index < -0.39 is 17.9 Å². The average Bonchev–Trinajstić information content (AvgIpc) is 3.22. The molecule has 60 heavy (non-hydrogen) atoms. The SMILES string of the molecule is CC(C)CCCCCCCCCCCCOC(=O)c1ccc(C(=O)OCCCCCCCCCCCCC(C)C)c(C(=O)OCCCCCCCCCCCCC(C)C)c1. The van der Waals surface area contributed by atoms with Gasteiger partial charge in [-0.05, 0) is 55.2 Å². The van der Waals surface area contributed by atoms with Gasteiger partial charge >= 0.3 is 17.9 Å². The Kier molecular flexibility index (Phi) is 36.6. The van der Waals surface area contributed by atoms with Gasteiger partial charge in [0.15, 0.2) is 0 Å². The highest BCUT2D eigenvalue weighted by molar-refractivity contribution is 6.05. The molecular weight excluding hydrogens is 745 g/mol. The Labute approximate surface area is 371 Å². The van der Waals surface area contributed by atoms with Crippen molar-refractivity contribution in [1.82, 2.24) is 0 Å². The largest absolute Gasteiger partial charge is 0.462 e. The smallest absolute Gasteiger partial charge is 0.339 e. The van der Waals surface area contributed by atoms with Crippen molar-refractivity contribution in [3.63, 3.8) is 0 Å². The fourth-order valence-electron chi connectivity index (χ4n) is 7.96. The molecule has 0 spiro atoms. The number of esters is 3. The molecule has 0 saturated carbocycles. The van der Waals surface area contributed by atoms with Crippen molar-refractivity contribution in [1.29, 1.82) is 0 Å². The van der Waals surface area contributed by atoms with E-state index >= 15 is 0 Å². The van der Waals surface area contributed by atoms with Crippen molar-refractivity contribution in [2.45, 2.75) is 253 Å². The lowest BCUT2D eigenvalue weighted by atomic mass is 10.0. The molecule has 0 amide bonds. The zero-order valence-electron chi connectivity index (χ0n) is 40.4. The maximum atomic E-state index is 13.4. The average molecular weight is 841 g/mol. The molecule has 0 aliphatic heterocycles. The van der Waals surface area contributed by atoms with Crippen LogP contribution in [0.4, 0.5) is 0 Å². The summed E-state index contributed by atoms with van der Waals surface area (Å²) in [6.45, 7) is 14.7. The van der Waals surface area contributed by atoms with Gasteiger partial charge in [0.05, 0.1) is 36.5 Å². The van der Waals surface area contributed by atoms with E-state index in [0.29, 0.717) is 13.2 Å². The second kappa shape index (κ2) is 39.5. The first-order valence-corrected chi connectivity index (χ1v) is 25.8. The lowest BCUT2D eigenvalue weighted by Crippen LogP contribution is -2.17. The molecule has 0 radical (unpaired) electrons. The summed E-state index contributed by atoms with van der Waals surface area (Å²) in [6.07, 6.45) is 40.4. The van der Waals surface area contributed by atoms with Crippen molar-refractivity contribution in [2.75, 3.05) is 19.8 Å². The Morgan fingerprint density at radius 3 is 0.883 bits per heavy atom. The van der Waals surface area contributed by atoms with Gasteiger partial charge < -0.3 is 14.2 Å². The van der Waals surface area contributed by atoms with Crippen molar-refractivity contribution < 1.29 is 28.6 Å². The highest BCUT2D eigenvalue weighted by Gasteiger charge is 2.22. The molecule has 0 N–H and O–H groups in total. The maximum absolute atomic E-state index is 13.4. The van der Waals surface area contributed by atoms with E-state index in [-0.39, 0.29) is 23.3 Å². The molecule has 1 rings (SSSR count). The highest BCUT2D eigenvalue weighted by atomic mass is 16.5. The summed E-state index contributed by atoms with van der Waals surface area (Å²) < 4.78 is 16.9. The van der Waals surface area contributed by atoms with E-state index in [1.165, 1.54) is 166 Å². The molecule has 0 unspecified atom stereocenters. The summed E-state index contributed by atoms with van der Waals surface area (Å²) in [5.74, 6) is 0.806. The van der Waals surface area contributed by atoms with Crippen LogP contribution in [0.3, 0.4) is 0 Å². The molecule has 1 aromatic carbocycles. The van der Waals surface area contributed by atoms with E-state index in [0.717, 1.165) is 75.5 Å². The molecule has 6 heteroatoms. The molecule has 0 atom stereocenters. The Morgan fingerprint density at radius 2 is 0.583 bits per heavy atom. The van der Waals surface area contributed by atoms with Crippen LogP contribution in [0.1, 0.15) is 285 Å². The van der Waals surface area contributed by atoms with E-state index in [1.807, 2.05) is 0 Å². The third-order valence-electron chi connectivity index (χ3n) is 11.9. The van der Waals surface area contributed by atoms with Crippen LogP contribution in [0, 0.1) is 17.8 Å². The van der Waals surface area contributed by atoms with Crippen molar-refractivity contribution in [2.24, 2.45) is 17.8 Å².